The van der Waals surface area contributed by atoms with Gasteiger partial charge in [-0.3, -0.25) is 4.90 Å². The topological polar surface area (TPSA) is 50.7 Å². The molecule has 6 nitrogen and oxygen atoms in total. The molecule has 0 bridgehead atoms. The lowest BCUT2D eigenvalue weighted by Crippen LogP contribution is -2.47. The molecule has 1 atom stereocenters. The molecular formula is C16H23FN4O2. The maximum absolute atomic E-state index is 12.9. The summed E-state index contributed by atoms with van der Waals surface area (Å²) in [6.07, 6.45) is 5.52. The van der Waals surface area contributed by atoms with E-state index in [1.165, 1.54) is 12.4 Å². The third-order valence-corrected chi connectivity index (χ3v) is 5.32. The van der Waals surface area contributed by atoms with Crippen LogP contribution in [0, 0.1) is 5.82 Å². The minimum atomic E-state index is -0.394. The molecule has 0 N–H and O–H groups in total. The summed E-state index contributed by atoms with van der Waals surface area (Å²) in [5, 5.41) is 0. The van der Waals surface area contributed by atoms with E-state index in [4.69, 9.17) is 9.47 Å². The Kier molecular flexibility index (Phi) is 4.17. The Morgan fingerprint density at radius 2 is 1.78 bits per heavy atom. The van der Waals surface area contributed by atoms with E-state index >= 15 is 0 Å². The molecule has 0 amide bonds. The van der Waals surface area contributed by atoms with Crippen molar-refractivity contribution in [2.24, 2.45) is 0 Å². The SMILES string of the molecule is Fc1cnc(N2CCC3(CC2)CC(N2CCOCC2)CO3)nc1. The number of nitrogens with zero attached hydrogens (tertiary/aromatic N) is 4. The summed E-state index contributed by atoms with van der Waals surface area (Å²) >= 11 is 0. The Bertz CT molecular complexity index is 527. The zero-order valence-corrected chi connectivity index (χ0v) is 13.3. The van der Waals surface area contributed by atoms with E-state index in [0.29, 0.717) is 12.0 Å². The first-order valence-electron chi connectivity index (χ1n) is 8.42. The van der Waals surface area contributed by atoms with Crippen LogP contribution < -0.4 is 4.90 Å². The van der Waals surface area contributed by atoms with Gasteiger partial charge in [0.1, 0.15) is 0 Å². The highest BCUT2D eigenvalue weighted by Gasteiger charge is 2.44. The molecule has 23 heavy (non-hydrogen) atoms. The predicted octanol–water partition coefficient (Wildman–Crippen LogP) is 1.08. The van der Waals surface area contributed by atoms with E-state index < -0.39 is 5.82 Å². The van der Waals surface area contributed by atoms with Crippen molar-refractivity contribution < 1.29 is 13.9 Å². The van der Waals surface area contributed by atoms with Crippen molar-refractivity contribution in [1.82, 2.24) is 14.9 Å². The summed E-state index contributed by atoms with van der Waals surface area (Å²) in [4.78, 5) is 12.8. The maximum atomic E-state index is 12.9. The van der Waals surface area contributed by atoms with Crippen molar-refractivity contribution in [2.75, 3.05) is 50.9 Å². The second kappa shape index (κ2) is 6.30. The Morgan fingerprint density at radius 1 is 1.09 bits per heavy atom. The van der Waals surface area contributed by atoms with Crippen LogP contribution in [0.1, 0.15) is 19.3 Å². The Balaban J connectivity index is 1.35. The van der Waals surface area contributed by atoms with Crippen LogP contribution in [0.5, 0.6) is 0 Å². The largest absolute Gasteiger partial charge is 0.379 e. The fraction of sp³-hybridized carbons (Fsp3) is 0.750. The minimum Gasteiger partial charge on any atom is -0.379 e. The second-order valence-corrected chi connectivity index (χ2v) is 6.69. The zero-order valence-electron chi connectivity index (χ0n) is 13.3. The van der Waals surface area contributed by atoms with E-state index in [2.05, 4.69) is 19.8 Å². The summed E-state index contributed by atoms with van der Waals surface area (Å²) in [6, 6.07) is 0.521. The lowest BCUT2D eigenvalue weighted by atomic mass is 9.87. The third kappa shape index (κ3) is 3.18. The van der Waals surface area contributed by atoms with Crippen molar-refractivity contribution in [1.29, 1.82) is 0 Å². The second-order valence-electron chi connectivity index (χ2n) is 6.69. The van der Waals surface area contributed by atoms with Gasteiger partial charge >= 0.3 is 0 Å². The molecule has 4 rings (SSSR count). The highest BCUT2D eigenvalue weighted by atomic mass is 19.1. The lowest BCUT2D eigenvalue weighted by Gasteiger charge is -2.39. The van der Waals surface area contributed by atoms with E-state index in [-0.39, 0.29) is 5.60 Å². The maximum Gasteiger partial charge on any atom is 0.225 e. The first-order valence-corrected chi connectivity index (χ1v) is 8.42. The fourth-order valence-electron chi connectivity index (χ4n) is 3.93. The molecule has 1 aromatic heterocycles. The molecular weight excluding hydrogens is 299 g/mol. The molecule has 0 aromatic carbocycles. The van der Waals surface area contributed by atoms with E-state index in [1.807, 2.05) is 0 Å². The molecule has 1 unspecified atom stereocenters. The Morgan fingerprint density at radius 3 is 2.48 bits per heavy atom. The summed E-state index contributed by atoms with van der Waals surface area (Å²) in [6.45, 7) is 6.24. The van der Waals surface area contributed by atoms with Gasteiger partial charge in [0.25, 0.3) is 0 Å². The van der Waals surface area contributed by atoms with Crippen molar-refractivity contribution in [3.05, 3.63) is 18.2 Å². The van der Waals surface area contributed by atoms with Gasteiger partial charge in [0, 0.05) is 32.2 Å². The molecule has 1 spiro atoms. The van der Waals surface area contributed by atoms with Gasteiger partial charge in [0.05, 0.1) is 37.8 Å². The van der Waals surface area contributed by atoms with Gasteiger partial charge in [-0.05, 0) is 19.3 Å². The van der Waals surface area contributed by atoms with Crippen LogP contribution in [-0.4, -0.2) is 72.5 Å². The monoisotopic (exact) mass is 322 g/mol. The first-order chi connectivity index (χ1) is 11.2. The standard InChI is InChI=1S/C16H23FN4O2/c17-13-10-18-15(19-11-13)21-3-1-16(2-4-21)9-14(12-23-16)20-5-7-22-8-6-20/h10-11,14H,1-9,12H2. The van der Waals surface area contributed by atoms with Gasteiger partial charge in [-0.15, -0.1) is 0 Å². The third-order valence-electron chi connectivity index (χ3n) is 5.32. The van der Waals surface area contributed by atoms with Crippen molar-refractivity contribution in [3.8, 4) is 0 Å². The molecule has 0 saturated carbocycles. The number of hydrogen-bond acceptors (Lipinski definition) is 6. The molecule has 4 heterocycles. The van der Waals surface area contributed by atoms with E-state index in [0.717, 1.165) is 65.3 Å². The number of hydrogen-bond donors (Lipinski definition) is 0. The Hall–Kier alpha value is -1.31. The molecule has 0 radical (unpaired) electrons. The van der Waals surface area contributed by atoms with Crippen LogP contribution >= 0.6 is 0 Å². The molecule has 7 heteroatoms. The summed E-state index contributed by atoms with van der Waals surface area (Å²) in [5.41, 5.74) is -0.000495. The molecule has 1 aromatic rings. The Labute approximate surface area is 135 Å². The number of halogens is 1. The van der Waals surface area contributed by atoms with Crippen LogP contribution in [0.4, 0.5) is 10.3 Å². The molecule has 3 fully saturated rings. The number of morpholine rings is 1. The van der Waals surface area contributed by atoms with Gasteiger partial charge in [-0.2, -0.15) is 0 Å². The van der Waals surface area contributed by atoms with Gasteiger partial charge in [0.15, 0.2) is 5.82 Å². The van der Waals surface area contributed by atoms with Crippen LogP contribution in [0.3, 0.4) is 0 Å². The molecule has 0 aliphatic carbocycles. The van der Waals surface area contributed by atoms with Crippen LogP contribution in [0.25, 0.3) is 0 Å². The normalized spacial score (nSPS) is 28.4. The average Bonchev–Trinajstić information content (AvgIpc) is 3.01. The van der Waals surface area contributed by atoms with Crippen molar-refractivity contribution in [2.45, 2.75) is 30.9 Å². The van der Waals surface area contributed by atoms with Crippen molar-refractivity contribution >= 4 is 5.95 Å². The lowest BCUT2D eigenvalue weighted by molar-refractivity contribution is -0.0185. The molecule has 3 aliphatic rings. The first kappa shape index (κ1) is 15.2. The fourth-order valence-corrected chi connectivity index (χ4v) is 3.93. The number of rotatable bonds is 2. The molecule has 3 saturated heterocycles. The quantitative estimate of drug-likeness (QED) is 0.812. The van der Waals surface area contributed by atoms with Gasteiger partial charge in [-0.1, -0.05) is 0 Å². The minimum absolute atomic E-state index is 0.000495. The number of aromatic nitrogens is 2. The number of piperidine rings is 1. The highest BCUT2D eigenvalue weighted by Crippen LogP contribution is 2.38. The zero-order chi connectivity index (χ0) is 15.7. The highest BCUT2D eigenvalue weighted by molar-refractivity contribution is 5.30. The average molecular weight is 322 g/mol. The van der Waals surface area contributed by atoms with E-state index in [9.17, 15) is 4.39 Å². The van der Waals surface area contributed by atoms with Crippen LogP contribution in [0.15, 0.2) is 12.4 Å². The van der Waals surface area contributed by atoms with Gasteiger partial charge in [-0.25, -0.2) is 14.4 Å². The van der Waals surface area contributed by atoms with Crippen LogP contribution in [0.2, 0.25) is 0 Å². The predicted molar refractivity (Wildman–Crippen MR) is 82.9 cm³/mol. The molecule has 3 aliphatic heterocycles. The summed E-state index contributed by atoms with van der Waals surface area (Å²) < 4.78 is 24.6. The van der Waals surface area contributed by atoms with Gasteiger partial charge in [0.2, 0.25) is 5.95 Å². The van der Waals surface area contributed by atoms with Gasteiger partial charge < -0.3 is 14.4 Å². The number of ether oxygens (including phenoxy) is 2. The summed E-state index contributed by atoms with van der Waals surface area (Å²) in [7, 11) is 0. The smallest absolute Gasteiger partial charge is 0.225 e. The van der Waals surface area contributed by atoms with Crippen molar-refractivity contribution in [3.63, 3.8) is 0 Å². The van der Waals surface area contributed by atoms with E-state index in [1.54, 1.807) is 0 Å². The van der Waals surface area contributed by atoms with Crippen LogP contribution in [-0.2, 0) is 9.47 Å². The summed E-state index contributed by atoms with van der Waals surface area (Å²) in [5.74, 6) is 0.221. The molecule has 126 valence electrons. The number of anilines is 1.